The number of nitrogen functional groups attached to an aromatic ring is 1. The minimum Gasteiger partial charge on any atom is -0.505 e. The third-order valence-corrected chi connectivity index (χ3v) is 2.01. The second-order valence-corrected chi connectivity index (χ2v) is 3.55. The van der Waals surface area contributed by atoms with Gasteiger partial charge in [-0.3, -0.25) is 0 Å². The highest BCUT2D eigenvalue weighted by Gasteiger charge is 2.03. The summed E-state index contributed by atoms with van der Waals surface area (Å²) in [6, 6.07) is 3.07. The lowest BCUT2D eigenvalue weighted by Crippen LogP contribution is -1.88. The average Bonchev–Trinajstić information content (AvgIpc) is 2.13. The van der Waals surface area contributed by atoms with Crippen molar-refractivity contribution in [2.45, 2.75) is 6.42 Å². The van der Waals surface area contributed by atoms with E-state index in [0.717, 1.165) is 0 Å². The summed E-state index contributed by atoms with van der Waals surface area (Å²) >= 11 is 9.78. The van der Waals surface area contributed by atoms with Gasteiger partial charge in [-0.05, 0) is 12.1 Å². The molecule has 0 saturated heterocycles. The number of halogens is 1. The zero-order valence-electron chi connectivity index (χ0n) is 7.42. The van der Waals surface area contributed by atoms with Crippen LogP contribution in [-0.2, 0) is 0 Å². The summed E-state index contributed by atoms with van der Waals surface area (Å²) in [5, 5.41) is 9.98. The molecule has 0 bridgehead atoms. The van der Waals surface area contributed by atoms with Gasteiger partial charge >= 0.3 is 0 Å². The topological polar surface area (TPSA) is 46.2 Å². The normalized spacial score (nSPS) is 9.29. The predicted molar refractivity (Wildman–Crippen MR) is 62.9 cm³/mol. The molecule has 1 aromatic carbocycles. The summed E-state index contributed by atoms with van der Waals surface area (Å²) < 4.78 is 0. The molecule has 2 nitrogen and oxygen atoms in total. The van der Waals surface area contributed by atoms with Crippen molar-refractivity contribution < 1.29 is 5.11 Å². The zero-order chi connectivity index (χ0) is 10.6. The van der Waals surface area contributed by atoms with Gasteiger partial charge in [-0.25, -0.2) is 0 Å². The van der Waals surface area contributed by atoms with Crippen LogP contribution in [0.3, 0.4) is 0 Å². The number of hydrogen-bond acceptors (Lipinski definition) is 3. The highest BCUT2D eigenvalue weighted by Crippen LogP contribution is 2.28. The van der Waals surface area contributed by atoms with Crippen LogP contribution in [0.4, 0.5) is 5.69 Å². The Balaban J connectivity index is 3.04. The van der Waals surface area contributed by atoms with Gasteiger partial charge in [-0.1, -0.05) is 23.4 Å². The molecule has 0 spiro atoms. The monoisotopic (exact) mass is 227 g/mol. The number of aromatic hydroxyl groups is 1. The van der Waals surface area contributed by atoms with Crippen molar-refractivity contribution in [3.05, 3.63) is 22.7 Å². The molecular weight excluding hydrogens is 218 g/mol. The molecule has 0 atom stereocenters. The van der Waals surface area contributed by atoms with Gasteiger partial charge in [0.05, 0.1) is 11.3 Å². The molecule has 3 N–H and O–H groups in total. The van der Waals surface area contributed by atoms with E-state index in [1.54, 1.807) is 6.07 Å². The number of phenolic OH excluding ortho intramolecular Hbond substituents is 1. The van der Waals surface area contributed by atoms with Crippen LogP contribution < -0.4 is 5.73 Å². The second kappa shape index (κ2) is 5.04. The minimum atomic E-state index is -0.0129. The van der Waals surface area contributed by atoms with Crippen molar-refractivity contribution in [1.82, 2.24) is 0 Å². The maximum absolute atomic E-state index is 9.52. The molecule has 0 saturated carbocycles. The molecule has 74 valence electrons. The first-order valence-corrected chi connectivity index (χ1v) is 5.04. The van der Waals surface area contributed by atoms with Gasteiger partial charge in [0.25, 0.3) is 0 Å². The van der Waals surface area contributed by atoms with Crippen LogP contribution in [0.1, 0.15) is 12.0 Å². The summed E-state index contributed by atoms with van der Waals surface area (Å²) in [7, 11) is 0. The van der Waals surface area contributed by atoms with Gasteiger partial charge in [0.2, 0.25) is 0 Å². The molecule has 1 rings (SSSR count). The van der Waals surface area contributed by atoms with E-state index in [2.05, 4.69) is 24.5 Å². The summed E-state index contributed by atoms with van der Waals surface area (Å²) in [6.45, 7) is 0. The lowest BCUT2D eigenvalue weighted by atomic mass is 10.1. The van der Waals surface area contributed by atoms with Crippen LogP contribution in [0, 0.1) is 11.8 Å². The Morgan fingerprint density at radius 1 is 1.50 bits per heavy atom. The molecule has 0 radical (unpaired) electrons. The first kappa shape index (κ1) is 11.1. The molecule has 14 heavy (non-hydrogen) atoms. The SMILES string of the molecule is Nc1cc(Cl)cc(C#CCCS)c1O. The molecule has 1 aromatic rings. The Hall–Kier alpha value is -0.980. The lowest BCUT2D eigenvalue weighted by molar-refractivity contribution is 0.476. The summed E-state index contributed by atoms with van der Waals surface area (Å²) in [6.07, 6.45) is 0.662. The van der Waals surface area contributed by atoms with Crippen molar-refractivity contribution in [2.24, 2.45) is 0 Å². The average molecular weight is 228 g/mol. The Morgan fingerprint density at radius 2 is 2.21 bits per heavy atom. The Kier molecular flexibility index (Phi) is 3.99. The van der Waals surface area contributed by atoms with Gasteiger partial charge < -0.3 is 10.8 Å². The maximum atomic E-state index is 9.52. The molecule has 0 heterocycles. The van der Waals surface area contributed by atoms with E-state index in [0.29, 0.717) is 22.8 Å². The molecule has 0 aliphatic carbocycles. The molecule has 0 amide bonds. The van der Waals surface area contributed by atoms with Gasteiger partial charge in [-0.15, -0.1) is 0 Å². The standard InChI is InChI=1S/C10H10ClNOS/c11-8-5-7(3-1-2-4-14)10(13)9(12)6-8/h5-6,13-14H,2,4,12H2. The van der Waals surface area contributed by atoms with Gasteiger partial charge in [0, 0.05) is 17.2 Å². The highest BCUT2D eigenvalue weighted by atomic mass is 35.5. The number of nitrogens with two attached hydrogens (primary N) is 1. The van der Waals surface area contributed by atoms with Crippen LogP contribution in [0.15, 0.2) is 12.1 Å². The van der Waals surface area contributed by atoms with Gasteiger partial charge in [0.1, 0.15) is 0 Å². The quantitative estimate of drug-likeness (QED) is 0.298. The number of benzene rings is 1. The maximum Gasteiger partial charge on any atom is 0.154 e. The molecule has 0 aromatic heterocycles. The molecule has 0 unspecified atom stereocenters. The van der Waals surface area contributed by atoms with Crippen LogP contribution in [0.5, 0.6) is 5.75 Å². The van der Waals surface area contributed by atoms with Crippen molar-refractivity contribution in [3.63, 3.8) is 0 Å². The van der Waals surface area contributed by atoms with E-state index in [4.69, 9.17) is 17.3 Å². The fraction of sp³-hybridized carbons (Fsp3) is 0.200. The first-order chi connectivity index (χ1) is 6.65. The first-order valence-electron chi connectivity index (χ1n) is 4.03. The number of anilines is 1. The second-order valence-electron chi connectivity index (χ2n) is 2.67. The van der Waals surface area contributed by atoms with Crippen LogP contribution >= 0.6 is 24.2 Å². The molecule has 4 heteroatoms. The summed E-state index contributed by atoms with van der Waals surface area (Å²) in [4.78, 5) is 0. The van der Waals surface area contributed by atoms with Crippen molar-refractivity contribution in [1.29, 1.82) is 0 Å². The summed E-state index contributed by atoms with van der Waals surface area (Å²) in [5.74, 6) is 6.30. The van der Waals surface area contributed by atoms with Crippen molar-refractivity contribution >= 4 is 29.9 Å². The lowest BCUT2D eigenvalue weighted by Gasteiger charge is -2.01. The fourth-order valence-electron chi connectivity index (χ4n) is 0.929. The third kappa shape index (κ3) is 2.76. The van der Waals surface area contributed by atoms with Crippen molar-refractivity contribution in [3.8, 4) is 17.6 Å². The Morgan fingerprint density at radius 3 is 2.86 bits per heavy atom. The van der Waals surface area contributed by atoms with E-state index in [1.807, 2.05) is 0 Å². The highest BCUT2D eigenvalue weighted by molar-refractivity contribution is 7.80. The van der Waals surface area contributed by atoms with Crippen LogP contribution in [0.25, 0.3) is 0 Å². The molecule has 0 aliphatic heterocycles. The Labute approximate surface area is 93.5 Å². The van der Waals surface area contributed by atoms with E-state index < -0.39 is 0 Å². The fourth-order valence-corrected chi connectivity index (χ4v) is 1.27. The van der Waals surface area contributed by atoms with Crippen molar-refractivity contribution in [2.75, 3.05) is 11.5 Å². The van der Waals surface area contributed by atoms with Gasteiger partial charge in [0.15, 0.2) is 5.75 Å². The zero-order valence-corrected chi connectivity index (χ0v) is 9.07. The smallest absolute Gasteiger partial charge is 0.154 e. The number of rotatable bonds is 1. The van der Waals surface area contributed by atoms with E-state index in [9.17, 15) is 5.11 Å². The summed E-state index contributed by atoms with van der Waals surface area (Å²) in [5.41, 5.74) is 6.21. The van der Waals surface area contributed by atoms with E-state index in [1.165, 1.54) is 6.07 Å². The van der Waals surface area contributed by atoms with Gasteiger partial charge in [-0.2, -0.15) is 12.6 Å². The Bertz CT molecular complexity index is 395. The third-order valence-electron chi connectivity index (χ3n) is 1.56. The van der Waals surface area contributed by atoms with Crippen LogP contribution in [0.2, 0.25) is 5.02 Å². The number of phenols is 1. The number of hydrogen-bond donors (Lipinski definition) is 3. The van der Waals surface area contributed by atoms with E-state index in [-0.39, 0.29) is 11.4 Å². The molecular formula is C10H10ClNOS. The van der Waals surface area contributed by atoms with Crippen LogP contribution in [-0.4, -0.2) is 10.9 Å². The minimum absolute atomic E-state index is 0.0129. The predicted octanol–water partition coefficient (Wildman–Crippen LogP) is 2.30. The molecule has 0 fully saturated rings. The molecule has 0 aliphatic rings. The number of thiol groups is 1. The largest absolute Gasteiger partial charge is 0.505 e. The van der Waals surface area contributed by atoms with E-state index >= 15 is 0 Å².